The number of fused-ring (bicyclic) bond motifs is 1. The molecule has 19 heavy (non-hydrogen) atoms. The van der Waals surface area contributed by atoms with Gasteiger partial charge in [-0.1, -0.05) is 23.5 Å². The molecule has 1 aromatic carbocycles. The molecule has 2 aromatic rings. The van der Waals surface area contributed by atoms with E-state index in [0.29, 0.717) is 12.8 Å². The zero-order valence-electron chi connectivity index (χ0n) is 10.8. The third-order valence-corrected chi connectivity index (χ3v) is 4.98. The molecule has 1 aliphatic rings. The zero-order chi connectivity index (χ0) is 13.4. The summed E-state index contributed by atoms with van der Waals surface area (Å²) in [5.74, 6) is -0.854. The average Bonchev–Trinajstić information content (AvgIpc) is 2.84. The number of aliphatic carboxylic acids is 1. The number of carbonyl (C=O) groups is 1. The summed E-state index contributed by atoms with van der Waals surface area (Å²) in [6, 6.07) is 6.16. The van der Waals surface area contributed by atoms with Gasteiger partial charge in [0.15, 0.2) is 5.13 Å². The predicted octanol–water partition coefficient (Wildman–Crippen LogP) is 2.91. The molecule has 0 atom stereocenters. The van der Waals surface area contributed by atoms with Crippen molar-refractivity contribution in [2.75, 3.05) is 18.0 Å². The normalized spacial score (nSPS) is 17.0. The zero-order valence-corrected chi connectivity index (χ0v) is 11.6. The number of carboxylic acids is 1. The standard InChI is InChI=1S/C14H16N2O2S/c1-9-3-2-4-11-12(9)19-14(15-11)16-7-5-10(6-8-16)13(17)18/h2-4,10H,5-8H2,1H3,(H,17,18). The lowest BCUT2D eigenvalue weighted by atomic mass is 9.98. The molecule has 0 amide bonds. The fourth-order valence-corrected chi connectivity index (χ4v) is 3.61. The molecular formula is C14H16N2O2S. The van der Waals surface area contributed by atoms with Crippen LogP contribution in [0.15, 0.2) is 18.2 Å². The largest absolute Gasteiger partial charge is 0.481 e. The van der Waals surface area contributed by atoms with Crippen LogP contribution in [0.4, 0.5) is 5.13 Å². The minimum absolute atomic E-state index is 0.188. The van der Waals surface area contributed by atoms with E-state index in [1.54, 1.807) is 11.3 Å². The first-order valence-corrected chi connectivity index (χ1v) is 7.30. The van der Waals surface area contributed by atoms with Crippen molar-refractivity contribution in [2.45, 2.75) is 19.8 Å². The summed E-state index contributed by atoms with van der Waals surface area (Å²) in [6.45, 7) is 3.67. The van der Waals surface area contributed by atoms with Gasteiger partial charge in [0.2, 0.25) is 0 Å². The average molecular weight is 276 g/mol. The van der Waals surface area contributed by atoms with Crippen molar-refractivity contribution >= 4 is 32.7 Å². The highest BCUT2D eigenvalue weighted by Crippen LogP contribution is 2.33. The quantitative estimate of drug-likeness (QED) is 0.916. The molecule has 1 N–H and O–H groups in total. The van der Waals surface area contributed by atoms with Crippen molar-refractivity contribution in [3.8, 4) is 0 Å². The van der Waals surface area contributed by atoms with Crippen LogP contribution in [-0.4, -0.2) is 29.1 Å². The molecule has 1 aromatic heterocycles. The number of anilines is 1. The summed E-state index contributed by atoms with van der Waals surface area (Å²) in [5, 5.41) is 10.0. The first-order chi connectivity index (χ1) is 9.15. The molecule has 1 fully saturated rings. The highest BCUT2D eigenvalue weighted by Gasteiger charge is 2.26. The van der Waals surface area contributed by atoms with Crippen molar-refractivity contribution in [2.24, 2.45) is 5.92 Å². The fraction of sp³-hybridized carbons (Fsp3) is 0.429. The van der Waals surface area contributed by atoms with Gasteiger partial charge in [-0.3, -0.25) is 4.79 Å². The van der Waals surface area contributed by atoms with E-state index < -0.39 is 5.97 Å². The SMILES string of the molecule is Cc1cccc2nc(N3CCC(C(=O)O)CC3)sc12. The maximum Gasteiger partial charge on any atom is 0.306 e. The molecule has 0 saturated carbocycles. The molecule has 1 saturated heterocycles. The Bertz CT molecular complexity index is 615. The summed E-state index contributed by atoms with van der Waals surface area (Å²) in [4.78, 5) is 17.8. The minimum atomic E-state index is -0.667. The Balaban J connectivity index is 1.82. The van der Waals surface area contributed by atoms with Crippen LogP contribution in [0.3, 0.4) is 0 Å². The number of thiazole rings is 1. The van der Waals surface area contributed by atoms with E-state index in [0.717, 1.165) is 23.7 Å². The Morgan fingerprint density at radius 2 is 2.16 bits per heavy atom. The van der Waals surface area contributed by atoms with E-state index in [-0.39, 0.29) is 5.92 Å². The number of hydrogen-bond donors (Lipinski definition) is 1. The summed E-state index contributed by atoms with van der Waals surface area (Å²) in [7, 11) is 0. The van der Waals surface area contributed by atoms with E-state index in [1.807, 2.05) is 12.1 Å². The fourth-order valence-electron chi connectivity index (χ4n) is 2.53. The molecule has 0 unspecified atom stereocenters. The highest BCUT2D eigenvalue weighted by molar-refractivity contribution is 7.22. The van der Waals surface area contributed by atoms with E-state index in [4.69, 9.17) is 5.11 Å². The van der Waals surface area contributed by atoms with Gasteiger partial charge in [0, 0.05) is 13.1 Å². The van der Waals surface area contributed by atoms with Crippen molar-refractivity contribution in [1.82, 2.24) is 4.98 Å². The Morgan fingerprint density at radius 1 is 1.42 bits per heavy atom. The van der Waals surface area contributed by atoms with Gasteiger partial charge in [0.25, 0.3) is 0 Å². The number of benzene rings is 1. The molecule has 2 heterocycles. The van der Waals surface area contributed by atoms with Gasteiger partial charge in [-0.2, -0.15) is 0 Å². The van der Waals surface area contributed by atoms with Gasteiger partial charge in [0.05, 0.1) is 16.1 Å². The van der Waals surface area contributed by atoms with Gasteiger partial charge in [0.1, 0.15) is 0 Å². The van der Waals surface area contributed by atoms with Crippen LogP contribution in [0.1, 0.15) is 18.4 Å². The van der Waals surface area contributed by atoms with Crippen molar-refractivity contribution in [3.05, 3.63) is 23.8 Å². The number of piperidine rings is 1. The van der Waals surface area contributed by atoms with Gasteiger partial charge < -0.3 is 10.0 Å². The summed E-state index contributed by atoms with van der Waals surface area (Å²) in [5.41, 5.74) is 2.29. The molecule has 4 nitrogen and oxygen atoms in total. The van der Waals surface area contributed by atoms with E-state index in [9.17, 15) is 4.79 Å². The van der Waals surface area contributed by atoms with Crippen LogP contribution in [0.5, 0.6) is 0 Å². The van der Waals surface area contributed by atoms with Crippen molar-refractivity contribution in [3.63, 3.8) is 0 Å². The number of carboxylic acid groups (broad SMARTS) is 1. The molecule has 0 bridgehead atoms. The number of nitrogens with zero attached hydrogens (tertiary/aromatic N) is 2. The lowest BCUT2D eigenvalue weighted by molar-refractivity contribution is -0.142. The molecule has 3 rings (SSSR count). The van der Waals surface area contributed by atoms with E-state index in [2.05, 4.69) is 22.9 Å². The molecule has 0 radical (unpaired) electrons. The number of aryl methyl sites for hydroxylation is 1. The smallest absolute Gasteiger partial charge is 0.306 e. The third kappa shape index (κ3) is 2.30. The second-order valence-electron chi connectivity index (χ2n) is 5.02. The maximum absolute atomic E-state index is 11.0. The van der Waals surface area contributed by atoms with E-state index in [1.165, 1.54) is 10.3 Å². The summed E-state index contributed by atoms with van der Waals surface area (Å²) < 4.78 is 1.23. The Morgan fingerprint density at radius 3 is 2.79 bits per heavy atom. The number of hydrogen-bond acceptors (Lipinski definition) is 4. The first kappa shape index (κ1) is 12.4. The number of aromatic nitrogens is 1. The van der Waals surface area contributed by atoms with Crippen molar-refractivity contribution < 1.29 is 9.90 Å². The minimum Gasteiger partial charge on any atom is -0.481 e. The van der Waals surface area contributed by atoms with Crippen molar-refractivity contribution in [1.29, 1.82) is 0 Å². The monoisotopic (exact) mass is 276 g/mol. The van der Waals surface area contributed by atoms with Crippen LogP contribution < -0.4 is 4.90 Å². The third-order valence-electron chi connectivity index (χ3n) is 3.72. The highest BCUT2D eigenvalue weighted by atomic mass is 32.1. The van der Waals surface area contributed by atoms with Crippen LogP contribution in [0.2, 0.25) is 0 Å². The molecule has 5 heteroatoms. The first-order valence-electron chi connectivity index (χ1n) is 6.49. The maximum atomic E-state index is 11.0. The molecular weight excluding hydrogens is 260 g/mol. The Labute approximate surface area is 115 Å². The lowest BCUT2D eigenvalue weighted by Crippen LogP contribution is -2.36. The summed E-state index contributed by atoms with van der Waals surface area (Å²) in [6.07, 6.45) is 1.43. The molecule has 0 aliphatic carbocycles. The van der Waals surface area contributed by atoms with Gasteiger partial charge >= 0.3 is 5.97 Å². The Hall–Kier alpha value is -1.62. The second-order valence-corrected chi connectivity index (χ2v) is 6.00. The summed E-state index contributed by atoms with van der Waals surface area (Å²) >= 11 is 1.71. The van der Waals surface area contributed by atoms with Gasteiger partial charge in [-0.05, 0) is 31.4 Å². The lowest BCUT2D eigenvalue weighted by Gasteiger charge is -2.29. The Kier molecular flexibility index (Phi) is 3.14. The topological polar surface area (TPSA) is 53.4 Å². The molecule has 1 aliphatic heterocycles. The van der Waals surface area contributed by atoms with Crippen LogP contribution in [0, 0.1) is 12.8 Å². The van der Waals surface area contributed by atoms with Gasteiger partial charge in [-0.25, -0.2) is 4.98 Å². The van der Waals surface area contributed by atoms with Crippen LogP contribution in [-0.2, 0) is 4.79 Å². The van der Waals surface area contributed by atoms with Gasteiger partial charge in [-0.15, -0.1) is 0 Å². The number of rotatable bonds is 2. The van der Waals surface area contributed by atoms with Crippen LogP contribution >= 0.6 is 11.3 Å². The molecule has 100 valence electrons. The van der Waals surface area contributed by atoms with Crippen LogP contribution in [0.25, 0.3) is 10.2 Å². The molecule has 0 spiro atoms. The predicted molar refractivity (Wildman–Crippen MR) is 76.9 cm³/mol. The van der Waals surface area contributed by atoms with E-state index >= 15 is 0 Å². The second kappa shape index (κ2) is 4.81.